The summed E-state index contributed by atoms with van der Waals surface area (Å²) in [6.07, 6.45) is -4.42. The van der Waals surface area contributed by atoms with Gasteiger partial charge in [0.25, 0.3) is 0 Å². The lowest BCUT2D eigenvalue weighted by molar-refractivity contribution is -0.137. The van der Waals surface area contributed by atoms with Crippen LogP contribution in [0.4, 0.5) is 18.9 Å². The summed E-state index contributed by atoms with van der Waals surface area (Å²) in [5.74, 6) is -0.124. The molecular weight excluding hydrogens is 315 g/mol. The molecule has 8 heteroatoms. The SMILES string of the molecule is CCNC(=O)CNc1ccc(-c2csc(C(F)(F)F)n2)cc1. The highest BCUT2D eigenvalue weighted by molar-refractivity contribution is 7.10. The number of aromatic nitrogens is 1. The molecule has 1 heterocycles. The van der Waals surface area contributed by atoms with Crippen molar-refractivity contribution in [3.8, 4) is 11.3 Å². The van der Waals surface area contributed by atoms with Gasteiger partial charge in [-0.25, -0.2) is 4.98 Å². The van der Waals surface area contributed by atoms with E-state index in [0.29, 0.717) is 29.1 Å². The van der Waals surface area contributed by atoms with Crippen molar-refractivity contribution in [2.45, 2.75) is 13.1 Å². The second-order valence-electron chi connectivity index (χ2n) is 4.42. The Labute approximate surface area is 129 Å². The molecule has 1 aromatic heterocycles. The van der Waals surface area contributed by atoms with Gasteiger partial charge in [0.15, 0.2) is 5.01 Å². The molecule has 0 fully saturated rings. The quantitative estimate of drug-likeness (QED) is 0.884. The maximum atomic E-state index is 12.5. The molecule has 2 aromatic rings. The first-order valence-corrected chi connectivity index (χ1v) is 7.42. The standard InChI is InChI=1S/C14H14F3N3OS/c1-2-18-12(21)7-19-10-5-3-9(4-6-10)11-8-22-13(20-11)14(15,16)17/h3-6,8,19H,2,7H2,1H3,(H,18,21). The Kier molecular flexibility index (Phi) is 5.02. The van der Waals surface area contributed by atoms with Gasteiger partial charge in [-0.2, -0.15) is 13.2 Å². The fraction of sp³-hybridized carbons (Fsp3) is 0.286. The van der Waals surface area contributed by atoms with E-state index in [4.69, 9.17) is 0 Å². The zero-order valence-corrected chi connectivity index (χ0v) is 12.5. The predicted octanol–water partition coefficient (Wildman–Crippen LogP) is 3.38. The van der Waals surface area contributed by atoms with E-state index in [1.165, 1.54) is 5.38 Å². The molecule has 2 N–H and O–H groups in total. The van der Waals surface area contributed by atoms with Crippen LogP contribution in [0.25, 0.3) is 11.3 Å². The molecule has 4 nitrogen and oxygen atoms in total. The summed E-state index contributed by atoms with van der Waals surface area (Å²) in [4.78, 5) is 14.9. The third-order valence-electron chi connectivity index (χ3n) is 2.75. The molecule has 0 saturated heterocycles. The largest absolute Gasteiger partial charge is 0.443 e. The lowest BCUT2D eigenvalue weighted by Gasteiger charge is -2.07. The summed E-state index contributed by atoms with van der Waals surface area (Å²) in [5, 5.41) is 6.10. The van der Waals surface area contributed by atoms with Gasteiger partial charge in [-0.1, -0.05) is 12.1 Å². The second kappa shape index (κ2) is 6.78. The average Bonchev–Trinajstić information content (AvgIpc) is 2.96. The molecular formula is C14H14F3N3OS. The zero-order chi connectivity index (χ0) is 16.2. The normalized spacial score (nSPS) is 11.3. The number of amides is 1. The van der Waals surface area contributed by atoms with Crippen LogP contribution in [0.5, 0.6) is 0 Å². The van der Waals surface area contributed by atoms with Crippen LogP contribution in [0.3, 0.4) is 0 Å². The lowest BCUT2D eigenvalue weighted by Crippen LogP contribution is -2.29. The Balaban J connectivity index is 2.03. The first-order valence-electron chi connectivity index (χ1n) is 6.54. The van der Waals surface area contributed by atoms with E-state index in [0.717, 1.165) is 0 Å². The first kappa shape index (κ1) is 16.3. The topological polar surface area (TPSA) is 54.0 Å². The third-order valence-corrected chi connectivity index (χ3v) is 3.64. The molecule has 0 atom stereocenters. The van der Waals surface area contributed by atoms with Crippen LogP contribution in [0.2, 0.25) is 0 Å². The average molecular weight is 329 g/mol. The van der Waals surface area contributed by atoms with Crippen molar-refractivity contribution in [1.29, 1.82) is 0 Å². The number of nitrogens with zero attached hydrogens (tertiary/aromatic N) is 1. The van der Waals surface area contributed by atoms with Crippen molar-refractivity contribution in [2.75, 3.05) is 18.4 Å². The van der Waals surface area contributed by atoms with Gasteiger partial charge in [-0.05, 0) is 19.1 Å². The minimum atomic E-state index is -4.42. The fourth-order valence-corrected chi connectivity index (χ4v) is 2.43. The number of carbonyl (C=O) groups excluding carboxylic acids is 1. The smallest absolute Gasteiger partial charge is 0.376 e. The first-order chi connectivity index (χ1) is 10.4. The van der Waals surface area contributed by atoms with Crippen LogP contribution in [0, 0.1) is 0 Å². The number of rotatable bonds is 5. The van der Waals surface area contributed by atoms with Gasteiger partial charge in [-0.15, -0.1) is 11.3 Å². The molecule has 0 aliphatic heterocycles. The van der Waals surface area contributed by atoms with Gasteiger partial charge in [0, 0.05) is 23.2 Å². The predicted molar refractivity (Wildman–Crippen MR) is 79.7 cm³/mol. The maximum Gasteiger partial charge on any atom is 0.443 e. The number of carbonyl (C=O) groups is 1. The van der Waals surface area contributed by atoms with Gasteiger partial charge in [-0.3, -0.25) is 4.79 Å². The van der Waals surface area contributed by atoms with Crippen molar-refractivity contribution in [1.82, 2.24) is 10.3 Å². The van der Waals surface area contributed by atoms with Crippen molar-refractivity contribution in [3.05, 3.63) is 34.7 Å². The van der Waals surface area contributed by atoms with E-state index in [1.807, 2.05) is 6.92 Å². The molecule has 22 heavy (non-hydrogen) atoms. The Hall–Kier alpha value is -2.09. The van der Waals surface area contributed by atoms with Crippen LogP contribution in [0.15, 0.2) is 29.6 Å². The molecule has 0 spiro atoms. The van der Waals surface area contributed by atoms with Crippen molar-refractivity contribution in [3.63, 3.8) is 0 Å². The number of hydrogen-bond acceptors (Lipinski definition) is 4. The summed E-state index contributed by atoms with van der Waals surface area (Å²) < 4.78 is 37.6. The minimum absolute atomic E-state index is 0.124. The summed E-state index contributed by atoms with van der Waals surface area (Å²) in [5.41, 5.74) is 1.59. The van der Waals surface area contributed by atoms with Gasteiger partial charge >= 0.3 is 6.18 Å². The van der Waals surface area contributed by atoms with E-state index in [1.54, 1.807) is 24.3 Å². The fourth-order valence-electron chi connectivity index (χ4n) is 1.74. The van der Waals surface area contributed by atoms with E-state index >= 15 is 0 Å². The molecule has 0 unspecified atom stereocenters. The minimum Gasteiger partial charge on any atom is -0.376 e. The van der Waals surface area contributed by atoms with Crippen molar-refractivity contribution in [2.24, 2.45) is 0 Å². The number of thiazole rings is 1. The van der Waals surface area contributed by atoms with E-state index in [-0.39, 0.29) is 18.1 Å². The van der Waals surface area contributed by atoms with E-state index in [2.05, 4.69) is 15.6 Å². The highest BCUT2D eigenvalue weighted by atomic mass is 32.1. The number of benzene rings is 1. The number of alkyl halides is 3. The van der Waals surface area contributed by atoms with Crippen LogP contribution in [0.1, 0.15) is 11.9 Å². The molecule has 0 radical (unpaired) electrons. The van der Waals surface area contributed by atoms with Crippen LogP contribution < -0.4 is 10.6 Å². The second-order valence-corrected chi connectivity index (χ2v) is 5.28. The number of anilines is 1. The van der Waals surface area contributed by atoms with E-state index in [9.17, 15) is 18.0 Å². The number of hydrogen-bond donors (Lipinski definition) is 2. The van der Waals surface area contributed by atoms with Crippen LogP contribution in [-0.4, -0.2) is 24.0 Å². The molecule has 118 valence electrons. The van der Waals surface area contributed by atoms with Gasteiger partial charge in [0.05, 0.1) is 12.2 Å². The monoisotopic (exact) mass is 329 g/mol. The molecule has 0 bridgehead atoms. The zero-order valence-electron chi connectivity index (χ0n) is 11.7. The number of nitrogens with one attached hydrogen (secondary N) is 2. The highest BCUT2D eigenvalue weighted by Crippen LogP contribution is 2.34. The summed E-state index contributed by atoms with van der Waals surface area (Å²) in [6, 6.07) is 6.72. The third kappa shape index (κ3) is 4.20. The van der Waals surface area contributed by atoms with Crippen molar-refractivity contribution < 1.29 is 18.0 Å². The Morgan fingerprint density at radius 2 is 1.95 bits per heavy atom. The summed E-state index contributed by atoms with van der Waals surface area (Å²) in [7, 11) is 0. The summed E-state index contributed by atoms with van der Waals surface area (Å²) in [6.45, 7) is 2.53. The lowest BCUT2D eigenvalue weighted by atomic mass is 10.1. The molecule has 0 aliphatic rings. The van der Waals surface area contributed by atoms with Crippen LogP contribution in [-0.2, 0) is 11.0 Å². The van der Waals surface area contributed by atoms with Gasteiger partial charge in [0.1, 0.15) is 0 Å². The molecule has 2 rings (SSSR count). The number of halogens is 3. The van der Waals surface area contributed by atoms with E-state index < -0.39 is 11.2 Å². The maximum absolute atomic E-state index is 12.5. The molecule has 0 saturated carbocycles. The van der Waals surface area contributed by atoms with Crippen molar-refractivity contribution >= 4 is 22.9 Å². The number of likely N-dealkylation sites (N-methyl/N-ethyl adjacent to an activating group) is 1. The highest BCUT2D eigenvalue weighted by Gasteiger charge is 2.34. The van der Waals surface area contributed by atoms with Gasteiger partial charge < -0.3 is 10.6 Å². The molecule has 1 aromatic carbocycles. The Morgan fingerprint density at radius 1 is 1.27 bits per heavy atom. The Bertz CT molecular complexity index is 638. The van der Waals surface area contributed by atoms with Crippen LogP contribution >= 0.6 is 11.3 Å². The molecule has 1 amide bonds. The molecule has 0 aliphatic carbocycles. The Morgan fingerprint density at radius 3 is 2.50 bits per heavy atom. The van der Waals surface area contributed by atoms with Gasteiger partial charge in [0.2, 0.25) is 5.91 Å². The summed E-state index contributed by atoms with van der Waals surface area (Å²) >= 11 is 0.570.